The predicted molar refractivity (Wildman–Crippen MR) is 83.3 cm³/mol. The van der Waals surface area contributed by atoms with Gasteiger partial charge in [-0.1, -0.05) is 11.8 Å². The average Bonchev–Trinajstić information content (AvgIpc) is 2.83. The minimum absolute atomic E-state index is 0.0212. The Hall–Kier alpha value is -1.35. The van der Waals surface area contributed by atoms with Gasteiger partial charge in [0.05, 0.1) is 22.0 Å². The molecule has 1 saturated heterocycles. The number of nitrogens with zero attached hydrogens (tertiary/aromatic N) is 1. The van der Waals surface area contributed by atoms with Gasteiger partial charge >= 0.3 is 0 Å². The summed E-state index contributed by atoms with van der Waals surface area (Å²) in [5, 5.41) is 18.8. The van der Waals surface area contributed by atoms with Gasteiger partial charge in [-0.15, -0.1) is 11.3 Å². The highest BCUT2D eigenvalue weighted by Gasteiger charge is 2.27. The molecule has 1 aliphatic rings. The molecule has 0 aliphatic carbocycles. The molecule has 5 heteroatoms. The van der Waals surface area contributed by atoms with Crippen molar-refractivity contribution in [2.45, 2.75) is 38.2 Å². The van der Waals surface area contributed by atoms with Crippen molar-refractivity contribution in [1.29, 1.82) is 0 Å². The van der Waals surface area contributed by atoms with E-state index in [2.05, 4.69) is 11.8 Å². The van der Waals surface area contributed by atoms with Gasteiger partial charge in [0.2, 0.25) is 0 Å². The molecule has 1 fully saturated rings. The fourth-order valence-electron chi connectivity index (χ4n) is 2.35. The first kappa shape index (κ1) is 16.0. The van der Waals surface area contributed by atoms with E-state index in [0.29, 0.717) is 30.8 Å². The van der Waals surface area contributed by atoms with Crippen LogP contribution in [0.1, 0.15) is 47.2 Å². The van der Waals surface area contributed by atoms with Crippen LogP contribution < -0.4 is 0 Å². The van der Waals surface area contributed by atoms with E-state index in [1.807, 2.05) is 17.9 Å². The molecule has 2 N–H and O–H groups in total. The van der Waals surface area contributed by atoms with Gasteiger partial charge in [-0.05, 0) is 38.3 Å². The van der Waals surface area contributed by atoms with Crippen molar-refractivity contribution in [1.82, 2.24) is 4.90 Å². The van der Waals surface area contributed by atoms with Gasteiger partial charge in [-0.3, -0.25) is 4.79 Å². The van der Waals surface area contributed by atoms with E-state index in [-0.39, 0.29) is 12.5 Å². The van der Waals surface area contributed by atoms with Crippen LogP contribution in [0.3, 0.4) is 0 Å². The summed E-state index contributed by atoms with van der Waals surface area (Å²) in [7, 11) is 0. The summed E-state index contributed by atoms with van der Waals surface area (Å²) in [6, 6.07) is 3.65. The number of rotatable bonds is 2. The first-order valence-electron chi connectivity index (χ1n) is 7.23. The second kappa shape index (κ2) is 7.08. The average molecular weight is 307 g/mol. The summed E-state index contributed by atoms with van der Waals surface area (Å²) in [6.07, 6.45) is 2.63. The summed E-state index contributed by atoms with van der Waals surface area (Å²) < 4.78 is 0. The fraction of sp³-hybridized carbons (Fsp3) is 0.562. The highest BCUT2D eigenvalue weighted by Crippen LogP contribution is 2.24. The van der Waals surface area contributed by atoms with Crippen LogP contribution in [0, 0.1) is 11.8 Å². The third-order valence-corrected chi connectivity index (χ3v) is 4.60. The Bertz CT molecular complexity index is 553. The molecule has 2 rings (SSSR count). The van der Waals surface area contributed by atoms with Crippen molar-refractivity contribution in [3.05, 3.63) is 21.9 Å². The molecule has 0 bridgehead atoms. The summed E-state index contributed by atoms with van der Waals surface area (Å²) in [5.41, 5.74) is -0.661. The number of hydrogen-bond acceptors (Lipinski definition) is 4. The Kier molecular flexibility index (Phi) is 5.40. The van der Waals surface area contributed by atoms with Gasteiger partial charge in [0.15, 0.2) is 0 Å². The molecule has 21 heavy (non-hydrogen) atoms. The van der Waals surface area contributed by atoms with Crippen molar-refractivity contribution in [2.75, 3.05) is 19.7 Å². The third-order valence-electron chi connectivity index (χ3n) is 3.62. The number of aliphatic hydroxyl groups excluding tert-OH is 1. The first-order chi connectivity index (χ1) is 10.0. The van der Waals surface area contributed by atoms with Gasteiger partial charge < -0.3 is 15.1 Å². The van der Waals surface area contributed by atoms with Gasteiger partial charge in [0.25, 0.3) is 5.91 Å². The third kappa shape index (κ3) is 4.57. The molecule has 0 saturated carbocycles. The molecule has 1 unspecified atom stereocenters. The van der Waals surface area contributed by atoms with Crippen LogP contribution in [0.15, 0.2) is 12.1 Å². The number of carbonyl (C=O) groups excluding carboxylic acids is 1. The van der Waals surface area contributed by atoms with E-state index in [9.17, 15) is 9.90 Å². The Balaban J connectivity index is 2.02. The molecule has 2 heterocycles. The minimum atomic E-state index is -0.661. The van der Waals surface area contributed by atoms with Gasteiger partial charge in [0.1, 0.15) is 0 Å². The maximum atomic E-state index is 12.5. The number of likely N-dealkylation sites (tertiary alicyclic amines) is 1. The van der Waals surface area contributed by atoms with Gasteiger partial charge in [-0.25, -0.2) is 0 Å². The number of carbonyl (C=O) groups is 1. The van der Waals surface area contributed by atoms with Crippen LogP contribution in [0.5, 0.6) is 0 Å². The van der Waals surface area contributed by atoms with Crippen molar-refractivity contribution in [3.8, 4) is 11.8 Å². The zero-order valence-corrected chi connectivity index (χ0v) is 13.1. The van der Waals surface area contributed by atoms with Crippen LogP contribution in [0.25, 0.3) is 0 Å². The van der Waals surface area contributed by atoms with E-state index in [4.69, 9.17) is 5.11 Å². The van der Waals surface area contributed by atoms with Crippen molar-refractivity contribution >= 4 is 17.2 Å². The molecular weight excluding hydrogens is 286 g/mol. The predicted octanol–water partition coefficient (Wildman–Crippen LogP) is 1.86. The van der Waals surface area contributed by atoms with Crippen molar-refractivity contribution in [2.24, 2.45) is 0 Å². The summed E-state index contributed by atoms with van der Waals surface area (Å²) in [6.45, 7) is 3.17. The van der Waals surface area contributed by atoms with E-state index < -0.39 is 5.60 Å². The highest BCUT2D eigenvalue weighted by molar-refractivity contribution is 7.14. The molecular formula is C16H21NO3S. The van der Waals surface area contributed by atoms with Crippen LogP contribution >= 0.6 is 11.3 Å². The molecule has 114 valence electrons. The Morgan fingerprint density at radius 2 is 2.24 bits per heavy atom. The van der Waals surface area contributed by atoms with E-state index >= 15 is 0 Å². The van der Waals surface area contributed by atoms with Gasteiger partial charge in [0, 0.05) is 19.5 Å². The normalized spacial score (nSPS) is 22.3. The Labute approximate surface area is 129 Å². The quantitative estimate of drug-likeness (QED) is 0.820. The zero-order chi connectivity index (χ0) is 15.3. The van der Waals surface area contributed by atoms with Gasteiger partial charge in [-0.2, -0.15) is 0 Å². The second-order valence-electron chi connectivity index (χ2n) is 5.58. The number of amides is 1. The van der Waals surface area contributed by atoms with E-state index in [0.717, 1.165) is 17.7 Å². The van der Waals surface area contributed by atoms with E-state index in [1.54, 1.807) is 6.07 Å². The molecule has 4 nitrogen and oxygen atoms in total. The summed E-state index contributed by atoms with van der Waals surface area (Å²) in [5.74, 6) is 5.82. The van der Waals surface area contributed by atoms with E-state index in [1.165, 1.54) is 11.3 Å². The molecule has 1 atom stereocenters. The largest absolute Gasteiger partial charge is 0.395 e. The smallest absolute Gasteiger partial charge is 0.263 e. The maximum absolute atomic E-state index is 12.5. The maximum Gasteiger partial charge on any atom is 0.263 e. The lowest BCUT2D eigenvalue weighted by Gasteiger charge is -2.22. The van der Waals surface area contributed by atoms with Crippen molar-refractivity contribution in [3.63, 3.8) is 0 Å². The molecule has 1 aromatic rings. The number of aliphatic hydroxyl groups is 2. The number of thiophene rings is 1. The summed E-state index contributed by atoms with van der Waals surface area (Å²) >= 11 is 1.38. The lowest BCUT2D eigenvalue weighted by molar-refractivity contribution is 0.0438. The fourth-order valence-corrected chi connectivity index (χ4v) is 3.20. The zero-order valence-electron chi connectivity index (χ0n) is 12.3. The minimum Gasteiger partial charge on any atom is -0.395 e. The van der Waals surface area contributed by atoms with Crippen LogP contribution in [0.2, 0.25) is 0 Å². The topological polar surface area (TPSA) is 60.8 Å². The highest BCUT2D eigenvalue weighted by atomic mass is 32.1. The summed E-state index contributed by atoms with van der Waals surface area (Å²) in [4.78, 5) is 15.8. The molecule has 1 aromatic heterocycles. The molecule has 1 aliphatic heterocycles. The molecule has 0 aromatic carbocycles. The SMILES string of the molecule is CC1(O)CCCN(C(=O)c2ccc(C#CCCO)s2)CC1. The molecule has 1 amide bonds. The van der Waals surface area contributed by atoms with Crippen LogP contribution in [-0.4, -0.2) is 46.3 Å². The molecule has 0 radical (unpaired) electrons. The van der Waals surface area contributed by atoms with Crippen molar-refractivity contribution < 1.29 is 15.0 Å². The standard InChI is InChI=1S/C16H21NO3S/c1-16(20)8-4-10-17(11-9-16)15(19)14-7-6-13(21-14)5-2-3-12-18/h6-7,18,20H,3-4,8-12H2,1H3. The van der Waals surface area contributed by atoms with Crippen LogP contribution in [-0.2, 0) is 0 Å². The van der Waals surface area contributed by atoms with Crippen LogP contribution in [0.4, 0.5) is 0 Å². The first-order valence-corrected chi connectivity index (χ1v) is 8.05. The molecule has 0 spiro atoms. The lowest BCUT2D eigenvalue weighted by Crippen LogP contribution is -2.33. The number of hydrogen-bond donors (Lipinski definition) is 2. The lowest BCUT2D eigenvalue weighted by atomic mass is 9.98. The Morgan fingerprint density at radius 3 is 3.00 bits per heavy atom. The second-order valence-corrected chi connectivity index (χ2v) is 6.67. The Morgan fingerprint density at radius 1 is 1.43 bits per heavy atom. The monoisotopic (exact) mass is 307 g/mol.